The van der Waals surface area contributed by atoms with E-state index in [1.165, 1.54) is 11.0 Å². The highest BCUT2D eigenvalue weighted by Gasteiger charge is 2.16. The number of thiol groups is 1. The van der Waals surface area contributed by atoms with Crippen molar-refractivity contribution in [3.63, 3.8) is 0 Å². The van der Waals surface area contributed by atoms with E-state index in [-0.39, 0.29) is 10.9 Å². The second-order valence-electron chi connectivity index (χ2n) is 3.01. The molecule has 0 aromatic carbocycles. The second-order valence-corrected chi connectivity index (χ2v) is 4.12. The van der Waals surface area contributed by atoms with E-state index in [1.54, 1.807) is 0 Å². The van der Waals surface area contributed by atoms with Crippen LogP contribution in [0.4, 0.5) is 4.79 Å². The van der Waals surface area contributed by atoms with Gasteiger partial charge in [0.2, 0.25) is 0 Å². The van der Waals surface area contributed by atoms with Gasteiger partial charge >= 0.3 is 6.09 Å². The smallest absolute Gasteiger partial charge is 0.415 e. The van der Waals surface area contributed by atoms with Gasteiger partial charge < -0.3 is 4.74 Å². The minimum atomic E-state index is -0.453. The molecule has 86 valence electrons. The Morgan fingerprint density at radius 1 is 1.60 bits per heavy atom. The lowest BCUT2D eigenvalue weighted by molar-refractivity contribution is 0.134. The zero-order valence-corrected chi connectivity index (χ0v) is 10.7. The number of ether oxygens (including phenoxy) is 1. The molecule has 0 aliphatic heterocycles. The number of unbranched alkanes of at least 4 members (excludes halogenated alkanes) is 2. The Balaban J connectivity index is 4.07. The van der Waals surface area contributed by atoms with Gasteiger partial charge in [0.05, 0.1) is 0 Å². The molecular formula is C10H17NO2S2. The van der Waals surface area contributed by atoms with Crippen molar-refractivity contribution in [2.75, 3.05) is 13.2 Å². The lowest BCUT2D eigenvalue weighted by atomic mass is 10.2. The number of carbonyl (C=O) groups excluding carboxylic acids is 1. The predicted molar refractivity (Wildman–Crippen MR) is 69.4 cm³/mol. The summed E-state index contributed by atoms with van der Waals surface area (Å²) in [6.07, 6.45) is 4.12. The normalized spacial score (nSPS) is 9.47. The molecule has 0 aliphatic rings. The Morgan fingerprint density at radius 3 is 2.73 bits per heavy atom. The number of nitrogens with zero attached hydrogens (tertiary/aromatic N) is 1. The molecule has 0 heterocycles. The second kappa shape index (κ2) is 8.73. The molecule has 0 spiro atoms. The molecule has 0 fully saturated rings. The van der Waals surface area contributed by atoms with Crippen LogP contribution in [0.1, 0.15) is 26.2 Å². The van der Waals surface area contributed by atoms with Gasteiger partial charge in [0, 0.05) is 6.54 Å². The maximum absolute atomic E-state index is 11.5. The Labute approximate surface area is 102 Å². The van der Waals surface area contributed by atoms with Crippen molar-refractivity contribution in [1.82, 2.24) is 4.90 Å². The lowest BCUT2D eigenvalue weighted by Gasteiger charge is -2.19. The highest BCUT2D eigenvalue weighted by molar-refractivity contribution is 8.11. The first kappa shape index (κ1) is 14.5. The minimum Gasteiger partial charge on any atom is -0.445 e. The summed E-state index contributed by atoms with van der Waals surface area (Å²) in [6, 6.07) is 0. The van der Waals surface area contributed by atoms with Crippen LogP contribution in [0.2, 0.25) is 0 Å². The van der Waals surface area contributed by atoms with Crippen LogP contribution >= 0.6 is 24.8 Å². The maximum atomic E-state index is 11.5. The van der Waals surface area contributed by atoms with Gasteiger partial charge in [-0.15, -0.1) is 12.6 Å². The van der Waals surface area contributed by atoms with Gasteiger partial charge in [-0.2, -0.15) is 0 Å². The molecular weight excluding hydrogens is 230 g/mol. The van der Waals surface area contributed by atoms with Gasteiger partial charge in [-0.05, 0) is 6.42 Å². The van der Waals surface area contributed by atoms with Crippen LogP contribution in [0.5, 0.6) is 0 Å². The van der Waals surface area contributed by atoms with Crippen LogP contribution in [0.25, 0.3) is 0 Å². The first-order valence-electron chi connectivity index (χ1n) is 4.91. The van der Waals surface area contributed by atoms with E-state index in [9.17, 15) is 4.79 Å². The minimum absolute atomic E-state index is 0.194. The summed E-state index contributed by atoms with van der Waals surface area (Å²) in [7, 11) is 0. The predicted octanol–water partition coefficient (Wildman–Crippen LogP) is 3.02. The Bertz CT molecular complexity index is 231. The van der Waals surface area contributed by atoms with Crippen LogP contribution in [0, 0.1) is 0 Å². The summed E-state index contributed by atoms with van der Waals surface area (Å²) in [4.78, 5) is 12.8. The van der Waals surface area contributed by atoms with Crippen LogP contribution in [-0.2, 0) is 4.74 Å². The van der Waals surface area contributed by atoms with Gasteiger partial charge in [0.25, 0.3) is 0 Å². The molecule has 5 heteroatoms. The Kier molecular flexibility index (Phi) is 8.41. The lowest BCUT2D eigenvalue weighted by Crippen LogP contribution is -2.34. The van der Waals surface area contributed by atoms with Crippen molar-refractivity contribution in [3.8, 4) is 0 Å². The Hall–Kier alpha value is -0.550. The van der Waals surface area contributed by atoms with Crippen molar-refractivity contribution in [3.05, 3.63) is 12.7 Å². The molecule has 0 aromatic rings. The first-order chi connectivity index (χ1) is 7.13. The zero-order chi connectivity index (χ0) is 11.7. The molecule has 0 rings (SSSR count). The maximum Gasteiger partial charge on any atom is 0.415 e. The van der Waals surface area contributed by atoms with E-state index in [0.717, 1.165) is 19.3 Å². The number of carbonyl (C=O) groups is 1. The number of hydrogen-bond acceptors (Lipinski definition) is 3. The SMILES string of the molecule is C=CCOC(=O)N(CCCCC)C(=S)S. The average molecular weight is 247 g/mol. The number of thiocarbonyl (C=S) groups is 1. The summed E-state index contributed by atoms with van der Waals surface area (Å²) < 4.78 is 5.13. The van der Waals surface area contributed by atoms with Crippen LogP contribution in [0.15, 0.2) is 12.7 Å². The molecule has 0 saturated carbocycles. The number of amides is 1. The molecule has 0 aromatic heterocycles. The fourth-order valence-electron chi connectivity index (χ4n) is 0.993. The standard InChI is InChI=1S/C10H17NO2S2/c1-3-5-6-7-11(10(14)15)9(12)13-8-4-2/h4H,2-3,5-8H2,1H3,(H,14,15). The highest BCUT2D eigenvalue weighted by Crippen LogP contribution is 2.05. The third-order valence-electron chi connectivity index (χ3n) is 1.76. The molecule has 15 heavy (non-hydrogen) atoms. The number of rotatable bonds is 6. The number of hydrogen-bond donors (Lipinski definition) is 1. The molecule has 0 bridgehead atoms. The molecule has 0 aliphatic carbocycles. The van der Waals surface area contributed by atoms with Crippen molar-refractivity contribution in [2.24, 2.45) is 0 Å². The summed E-state index contributed by atoms with van der Waals surface area (Å²) in [5.74, 6) is 0. The summed E-state index contributed by atoms with van der Waals surface area (Å²) in [5, 5.41) is 0. The molecule has 3 nitrogen and oxygen atoms in total. The first-order valence-corrected chi connectivity index (χ1v) is 5.77. The van der Waals surface area contributed by atoms with Gasteiger partial charge in [0.1, 0.15) is 10.9 Å². The van der Waals surface area contributed by atoms with E-state index in [0.29, 0.717) is 6.54 Å². The Morgan fingerprint density at radius 2 is 2.27 bits per heavy atom. The van der Waals surface area contributed by atoms with E-state index >= 15 is 0 Å². The van der Waals surface area contributed by atoms with E-state index in [1.807, 2.05) is 0 Å². The fourth-order valence-corrected chi connectivity index (χ4v) is 1.34. The van der Waals surface area contributed by atoms with Gasteiger partial charge in [0.15, 0.2) is 0 Å². The van der Waals surface area contributed by atoms with Crippen molar-refractivity contribution >= 4 is 35.3 Å². The van der Waals surface area contributed by atoms with Crippen LogP contribution in [0.3, 0.4) is 0 Å². The highest BCUT2D eigenvalue weighted by atomic mass is 32.1. The quantitative estimate of drug-likeness (QED) is 0.339. The summed E-state index contributed by atoms with van der Waals surface area (Å²) >= 11 is 8.84. The third kappa shape index (κ3) is 6.52. The molecule has 0 radical (unpaired) electrons. The van der Waals surface area contributed by atoms with Crippen molar-refractivity contribution < 1.29 is 9.53 Å². The van der Waals surface area contributed by atoms with Crippen molar-refractivity contribution in [2.45, 2.75) is 26.2 Å². The molecule has 0 N–H and O–H groups in total. The fraction of sp³-hybridized carbons (Fsp3) is 0.600. The van der Waals surface area contributed by atoms with Crippen LogP contribution < -0.4 is 0 Å². The zero-order valence-electron chi connectivity index (χ0n) is 8.94. The topological polar surface area (TPSA) is 29.5 Å². The van der Waals surface area contributed by atoms with Gasteiger partial charge in [-0.3, -0.25) is 4.90 Å². The molecule has 0 saturated heterocycles. The van der Waals surface area contributed by atoms with E-state index < -0.39 is 6.09 Å². The monoisotopic (exact) mass is 247 g/mol. The summed E-state index contributed by atoms with van der Waals surface area (Å²) in [5.41, 5.74) is 0. The third-order valence-corrected chi connectivity index (χ3v) is 2.22. The van der Waals surface area contributed by atoms with Gasteiger partial charge in [-0.25, -0.2) is 4.79 Å². The summed E-state index contributed by atoms with van der Waals surface area (Å²) in [6.45, 7) is 6.32. The average Bonchev–Trinajstić information content (AvgIpc) is 2.20. The van der Waals surface area contributed by atoms with Gasteiger partial charge in [-0.1, -0.05) is 44.6 Å². The van der Waals surface area contributed by atoms with E-state index in [2.05, 4.69) is 26.1 Å². The largest absolute Gasteiger partial charge is 0.445 e. The molecule has 1 amide bonds. The molecule has 0 unspecified atom stereocenters. The van der Waals surface area contributed by atoms with Crippen LogP contribution in [-0.4, -0.2) is 28.5 Å². The molecule has 0 atom stereocenters. The van der Waals surface area contributed by atoms with E-state index in [4.69, 9.17) is 17.0 Å². The van der Waals surface area contributed by atoms with Crippen molar-refractivity contribution in [1.29, 1.82) is 0 Å².